The molecule has 4 aliphatic rings. The molecule has 15 heteroatoms. The van der Waals surface area contributed by atoms with Gasteiger partial charge in [-0.2, -0.15) is 12.6 Å². The zero-order valence-corrected chi connectivity index (χ0v) is 30.2. The molecular formula is C34H55N5O8S2. The molecule has 0 bridgehead atoms. The number of hydrogen-bond donors (Lipinski definition) is 4. The average Bonchev–Trinajstić information content (AvgIpc) is 3.57. The molecule has 3 N–H and O–H groups in total. The van der Waals surface area contributed by atoms with E-state index in [9.17, 15) is 38.4 Å². The van der Waals surface area contributed by atoms with Gasteiger partial charge in [0.05, 0.1) is 11.0 Å². The highest BCUT2D eigenvalue weighted by molar-refractivity contribution is 8.01. The molecule has 2 heterocycles. The van der Waals surface area contributed by atoms with Crippen molar-refractivity contribution >= 4 is 71.5 Å². The first-order chi connectivity index (χ1) is 22.9. The molecular weight excluding hydrogens is 671 g/mol. The fourth-order valence-electron chi connectivity index (χ4n) is 6.09. The van der Waals surface area contributed by atoms with E-state index < -0.39 is 5.25 Å². The number of imide groups is 2. The van der Waals surface area contributed by atoms with E-state index in [4.69, 9.17) is 0 Å². The summed E-state index contributed by atoms with van der Waals surface area (Å²) in [5.41, 5.74) is 0. The zero-order chi connectivity index (χ0) is 35.8. The van der Waals surface area contributed by atoms with Gasteiger partial charge < -0.3 is 16.0 Å². The maximum atomic E-state index is 12.4. The molecule has 3 fully saturated rings. The predicted molar refractivity (Wildman–Crippen MR) is 192 cm³/mol. The Balaban J connectivity index is 0.000000424. The molecule has 7 amide bonds. The number of nitrogens with one attached hydrogen (secondary N) is 3. The SMILES string of the molecule is C.CCC(=O)CS.CNC(=O)C1CCC(CN2C(=O)C=CC2=O)CC1.CNC(=O)CSC1CC(=O)N(CC2CCC(C(=O)NC)CC2)C1=O. The molecule has 0 radical (unpaired) electrons. The van der Waals surface area contributed by atoms with Crippen LogP contribution in [0.15, 0.2) is 12.2 Å². The summed E-state index contributed by atoms with van der Waals surface area (Å²) in [5.74, 6) is 0.788. The van der Waals surface area contributed by atoms with Crippen LogP contribution in [-0.4, -0.2) is 108 Å². The summed E-state index contributed by atoms with van der Waals surface area (Å²) < 4.78 is 0. The fraction of sp³-hybridized carbons (Fsp3) is 0.706. The number of carbonyl (C=O) groups excluding carboxylic acids is 8. The van der Waals surface area contributed by atoms with Crippen molar-refractivity contribution in [2.24, 2.45) is 23.7 Å². The first-order valence-corrected chi connectivity index (χ1v) is 18.3. The molecule has 0 aromatic rings. The second kappa shape index (κ2) is 22.5. The van der Waals surface area contributed by atoms with Gasteiger partial charge in [-0.25, -0.2) is 0 Å². The van der Waals surface area contributed by atoms with Crippen molar-refractivity contribution in [3.8, 4) is 0 Å². The summed E-state index contributed by atoms with van der Waals surface area (Å²) in [6, 6.07) is 0. The minimum absolute atomic E-state index is 0. The number of ketones is 1. The van der Waals surface area contributed by atoms with Crippen molar-refractivity contribution in [2.45, 2.75) is 83.8 Å². The highest BCUT2D eigenvalue weighted by Gasteiger charge is 2.40. The third kappa shape index (κ3) is 13.9. The van der Waals surface area contributed by atoms with Gasteiger partial charge in [0, 0.05) is 76.8 Å². The molecule has 13 nitrogen and oxygen atoms in total. The zero-order valence-electron chi connectivity index (χ0n) is 28.5. The third-order valence-electron chi connectivity index (χ3n) is 9.18. The lowest BCUT2D eigenvalue weighted by Crippen LogP contribution is -2.38. The van der Waals surface area contributed by atoms with E-state index in [1.807, 2.05) is 6.92 Å². The van der Waals surface area contributed by atoms with Gasteiger partial charge in [0.15, 0.2) is 0 Å². The standard InChI is InChI=1S/C16H25N3O4S.C13H18N2O3.C4H8OS.CH4/c1-17-13(20)9-24-12-7-14(21)19(16(12)23)8-10-3-5-11(6-4-10)15(22)18-2;1-14-13(18)10-4-2-9(3-5-10)8-15-11(16)6-7-12(15)17;1-2-4(5)3-6;/h10-12H,3-9H2,1-2H3,(H,17,20)(H,18,22);6-7,9-10H,2-5,8H2,1H3,(H,14,18);6H,2-3H2,1H3;1H4. The lowest BCUT2D eigenvalue weighted by molar-refractivity contribution is -0.140. The molecule has 4 rings (SSSR count). The van der Waals surface area contributed by atoms with Gasteiger partial charge in [0.2, 0.25) is 29.5 Å². The lowest BCUT2D eigenvalue weighted by atomic mass is 9.81. The molecule has 2 aliphatic heterocycles. The van der Waals surface area contributed by atoms with Gasteiger partial charge >= 0.3 is 0 Å². The van der Waals surface area contributed by atoms with E-state index in [1.54, 1.807) is 21.1 Å². The summed E-state index contributed by atoms with van der Waals surface area (Å²) in [5, 5.41) is 7.41. The van der Waals surface area contributed by atoms with Crippen LogP contribution in [0, 0.1) is 23.7 Å². The van der Waals surface area contributed by atoms with Gasteiger partial charge in [-0.05, 0) is 63.2 Å². The van der Waals surface area contributed by atoms with E-state index in [1.165, 1.54) is 33.7 Å². The smallest absolute Gasteiger partial charge is 0.253 e. The second-order valence-corrected chi connectivity index (χ2v) is 13.9. The van der Waals surface area contributed by atoms with Crippen LogP contribution in [0.2, 0.25) is 0 Å². The lowest BCUT2D eigenvalue weighted by Gasteiger charge is -2.29. The number of likely N-dealkylation sites (tertiary alicyclic amines) is 1. The monoisotopic (exact) mass is 725 g/mol. The third-order valence-corrected chi connectivity index (χ3v) is 10.7. The Morgan fingerprint density at radius 2 is 1.20 bits per heavy atom. The number of rotatable bonds is 11. The second-order valence-electron chi connectivity index (χ2n) is 12.4. The molecule has 2 aliphatic carbocycles. The van der Waals surface area contributed by atoms with Crippen molar-refractivity contribution < 1.29 is 38.4 Å². The Hall–Kier alpha value is -3.20. The fourth-order valence-corrected chi connectivity index (χ4v) is 7.34. The molecule has 0 aromatic carbocycles. The van der Waals surface area contributed by atoms with Gasteiger partial charge in [-0.3, -0.25) is 48.2 Å². The summed E-state index contributed by atoms with van der Waals surface area (Å²) in [6.07, 6.45) is 10.2. The van der Waals surface area contributed by atoms with Gasteiger partial charge in [-0.1, -0.05) is 14.4 Å². The molecule has 276 valence electrons. The van der Waals surface area contributed by atoms with Crippen LogP contribution in [0.1, 0.15) is 78.6 Å². The van der Waals surface area contributed by atoms with Crippen LogP contribution in [0.4, 0.5) is 0 Å². The van der Waals surface area contributed by atoms with Crippen molar-refractivity contribution in [1.29, 1.82) is 0 Å². The quantitative estimate of drug-likeness (QED) is 0.184. The molecule has 1 atom stereocenters. The molecule has 0 aromatic heterocycles. The van der Waals surface area contributed by atoms with Crippen molar-refractivity contribution in [2.75, 3.05) is 45.7 Å². The summed E-state index contributed by atoms with van der Waals surface area (Å²) >= 11 is 4.97. The number of thioether (sulfide) groups is 1. The summed E-state index contributed by atoms with van der Waals surface area (Å²) in [7, 11) is 4.85. The average molecular weight is 726 g/mol. The highest BCUT2D eigenvalue weighted by atomic mass is 32.2. The van der Waals surface area contributed by atoms with Crippen molar-refractivity contribution in [1.82, 2.24) is 25.8 Å². The van der Waals surface area contributed by atoms with Crippen molar-refractivity contribution in [3.63, 3.8) is 0 Å². The van der Waals surface area contributed by atoms with Gasteiger partial charge in [0.1, 0.15) is 5.78 Å². The minimum atomic E-state index is -0.447. The highest BCUT2D eigenvalue weighted by Crippen LogP contribution is 2.33. The maximum Gasteiger partial charge on any atom is 0.253 e. The van der Waals surface area contributed by atoms with E-state index in [0.29, 0.717) is 31.2 Å². The Morgan fingerprint density at radius 3 is 1.57 bits per heavy atom. The van der Waals surface area contributed by atoms with Crippen LogP contribution in [-0.2, 0) is 38.4 Å². The molecule has 1 saturated heterocycles. The minimum Gasteiger partial charge on any atom is -0.359 e. The number of hydrogen-bond acceptors (Lipinski definition) is 10. The Bertz CT molecular complexity index is 1190. The van der Waals surface area contributed by atoms with Crippen LogP contribution in [0.25, 0.3) is 0 Å². The molecule has 49 heavy (non-hydrogen) atoms. The summed E-state index contributed by atoms with van der Waals surface area (Å²) in [6.45, 7) is 2.76. The molecule has 1 unspecified atom stereocenters. The van der Waals surface area contributed by atoms with Crippen LogP contribution in [0.3, 0.4) is 0 Å². The van der Waals surface area contributed by atoms with E-state index in [0.717, 1.165) is 51.4 Å². The topological polar surface area (TPSA) is 179 Å². The van der Waals surface area contributed by atoms with Crippen molar-refractivity contribution in [3.05, 3.63) is 12.2 Å². The van der Waals surface area contributed by atoms with Crippen LogP contribution < -0.4 is 16.0 Å². The molecule has 0 spiro atoms. The maximum absolute atomic E-state index is 12.4. The molecule has 2 saturated carbocycles. The Kier molecular flexibility index (Phi) is 20.1. The van der Waals surface area contributed by atoms with E-state index in [2.05, 4.69) is 28.6 Å². The predicted octanol–water partition coefficient (Wildman–Crippen LogP) is 2.14. The van der Waals surface area contributed by atoms with Gasteiger partial charge in [0.25, 0.3) is 11.8 Å². The van der Waals surface area contributed by atoms with E-state index in [-0.39, 0.29) is 84.5 Å². The first-order valence-electron chi connectivity index (χ1n) is 16.6. The number of thiol groups is 1. The number of Topliss-reactive ketones (excluding diaryl/α,β-unsaturated/α-hetero) is 1. The first kappa shape index (κ1) is 43.8. The Morgan fingerprint density at radius 1 is 0.755 bits per heavy atom. The number of nitrogens with zero attached hydrogens (tertiary/aromatic N) is 2. The van der Waals surface area contributed by atoms with Crippen LogP contribution >= 0.6 is 24.4 Å². The largest absolute Gasteiger partial charge is 0.359 e. The van der Waals surface area contributed by atoms with Gasteiger partial charge in [-0.15, -0.1) is 11.8 Å². The number of carbonyl (C=O) groups is 8. The Labute approximate surface area is 300 Å². The normalized spacial score (nSPS) is 24.6. The number of amides is 7. The van der Waals surface area contributed by atoms with Crippen LogP contribution in [0.5, 0.6) is 0 Å². The van der Waals surface area contributed by atoms with E-state index >= 15 is 0 Å². The summed E-state index contributed by atoms with van der Waals surface area (Å²) in [4.78, 5) is 94.6.